The quantitative estimate of drug-likeness (QED) is 0.219. The first-order valence-electron chi connectivity index (χ1n) is 11.1. The van der Waals surface area contributed by atoms with Crippen LogP contribution in [0.3, 0.4) is 0 Å². The van der Waals surface area contributed by atoms with E-state index >= 15 is 0 Å². The van der Waals surface area contributed by atoms with Crippen LogP contribution in [0, 0.1) is 0 Å². The third-order valence-corrected chi connectivity index (χ3v) is 6.13. The van der Waals surface area contributed by atoms with E-state index in [1.54, 1.807) is 13.2 Å². The summed E-state index contributed by atoms with van der Waals surface area (Å²) in [7, 11) is 0. The topological polar surface area (TPSA) is 80.6 Å². The maximum Gasteiger partial charge on any atom is 0.341 e. The minimum atomic E-state index is -0.447. The number of hydrogen-bond donors (Lipinski definition) is 2. The zero-order chi connectivity index (χ0) is 23.8. The molecule has 0 unspecified atom stereocenters. The van der Waals surface area contributed by atoms with Crippen LogP contribution in [0.5, 0.6) is 0 Å². The first kappa shape index (κ1) is 23.5. The Morgan fingerprint density at radius 3 is 2.38 bits per heavy atom. The number of hydrogen-bond acceptors (Lipinski definition) is 6. The Bertz CT molecular complexity index is 1220. The summed E-state index contributed by atoms with van der Waals surface area (Å²) in [5.41, 5.74) is 4.23. The summed E-state index contributed by atoms with van der Waals surface area (Å²) in [6, 6.07) is 21.8. The molecule has 0 bridgehead atoms. The Balaban J connectivity index is 1.47. The van der Waals surface area contributed by atoms with Crippen LogP contribution in [0.1, 0.15) is 29.5 Å². The van der Waals surface area contributed by atoms with Crippen molar-refractivity contribution in [2.75, 3.05) is 18.5 Å². The van der Waals surface area contributed by atoms with Crippen LogP contribution in [-0.2, 0) is 16.1 Å². The largest absolute Gasteiger partial charge is 0.468 e. The molecule has 0 spiro atoms. The smallest absolute Gasteiger partial charge is 0.341 e. The molecule has 174 valence electrons. The second-order valence-electron chi connectivity index (χ2n) is 7.57. The molecule has 0 saturated carbocycles. The van der Waals surface area contributed by atoms with Crippen molar-refractivity contribution in [1.29, 1.82) is 0 Å². The van der Waals surface area contributed by atoms with E-state index in [9.17, 15) is 9.59 Å². The standard InChI is InChI=1S/C27H26N2O4S/c1-2-32-27(31)25-23(21-12-10-20(11-13-21)19-7-4-3-5-8-19)18-34-26(25)29-24(30)14-15-28-17-22-9-6-16-33-22/h3-13,16,18,28H,2,14-15,17H2,1H3,(H,29,30). The molecule has 0 aliphatic carbocycles. The lowest BCUT2D eigenvalue weighted by Gasteiger charge is -2.10. The summed E-state index contributed by atoms with van der Waals surface area (Å²) < 4.78 is 10.6. The van der Waals surface area contributed by atoms with Gasteiger partial charge in [-0.1, -0.05) is 54.6 Å². The van der Waals surface area contributed by atoms with Gasteiger partial charge in [-0.2, -0.15) is 0 Å². The number of anilines is 1. The van der Waals surface area contributed by atoms with E-state index in [1.165, 1.54) is 11.3 Å². The maximum absolute atomic E-state index is 12.8. The molecular weight excluding hydrogens is 448 g/mol. The Morgan fingerprint density at radius 2 is 1.68 bits per heavy atom. The SMILES string of the molecule is CCOC(=O)c1c(-c2ccc(-c3ccccc3)cc2)csc1NC(=O)CCNCc1ccco1. The summed E-state index contributed by atoms with van der Waals surface area (Å²) >= 11 is 1.32. The van der Waals surface area contributed by atoms with Crippen molar-refractivity contribution in [3.8, 4) is 22.3 Å². The van der Waals surface area contributed by atoms with Gasteiger partial charge in [0.05, 0.1) is 19.4 Å². The molecule has 4 rings (SSSR count). The number of rotatable bonds is 10. The fourth-order valence-corrected chi connectivity index (χ4v) is 4.53. The molecule has 6 nitrogen and oxygen atoms in total. The van der Waals surface area contributed by atoms with Gasteiger partial charge in [-0.15, -0.1) is 11.3 Å². The number of carbonyl (C=O) groups is 2. The van der Waals surface area contributed by atoms with Gasteiger partial charge in [0.15, 0.2) is 0 Å². The maximum atomic E-state index is 12.8. The van der Waals surface area contributed by atoms with Crippen molar-refractivity contribution >= 4 is 28.2 Å². The molecule has 0 aliphatic rings. The van der Waals surface area contributed by atoms with Gasteiger partial charge in [-0.05, 0) is 35.7 Å². The lowest BCUT2D eigenvalue weighted by Crippen LogP contribution is -2.22. The molecule has 4 aromatic rings. The molecule has 2 heterocycles. The molecule has 1 amide bonds. The average Bonchev–Trinajstić information content (AvgIpc) is 3.53. The van der Waals surface area contributed by atoms with Crippen LogP contribution in [0.15, 0.2) is 82.8 Å². The number of nitrogens with one attached hydrogen (secondary N) is 2. The minimum Gasteiger partial charge on any atom is -0.468 e. The van der Waals surface area contributed by atoms with Crippen LogP contribution in [0.2, 0.25) is 0 Å². The van der Waals surface area contributed by atoms with Crippen molar-refractivity contribution in [2.45, 2.75) is 19.9 Å². The number of thiophene rings is 1. The van der Waals surface area contributed by atoms with E-state index in [2.05, 4.69) is 22.8 Å². The number of carbonyl (C=O) groups excluding carboxylic acids is 2. The van der Waals surface area contributed by atoms with Gasteiger partial charge in [0.1, 0.15) is 16.3 Å². The summed E-state index contributed by atoms with van der Waals surface area (Å²) in [5, 5.41) is 8.44. The van der Waals surface area contributed by atoms with E-state index in [0.29, 0.717) is 23.7 Å². The third-order valence-electron chi connectivity index (χ3n) is 5.23. The zero-order valence-electron chi connectivity index (χ0n) is 18.9. The average molecular weight is 475 g/mol. The van der Waals surface area contributed by atoms with Gasteiger partial charge in [-0.3, -0.25) is 4.79 Å². The molecule has 0 saturated heterocycles. The number of ether oxygens (including phenoxy) is 1. The first-order valence-corrected chi connectivity index (χ1v) is 12.0. The predicted octanol–water partition coefficient (Wildman–Crippen LogP) is 5.97. The highest BCUT2D eigenvalue weighted by Gasteiger charge is 2.22. The molecule has 0 atom stereocenters. The number of furan rings is 1. The van der Waals surface area contributed by atoms with Gasteiger partial charge in [-0.25, -0.2) is 4.79 Å². The summed E-state index contributed by atoms with van der Waals surface area (Å²) in [4.78, 5) is 25.3. The van der Waals surface area contributed by atoms with Crippen LogP contribution in [0.4, 0.5) is 5.00 Å². The van der Waals surface area contributed by atoms with Gasteiger partial charge in [0.2, 0.25) is 5.91 Å². The van der Waals surface area contributed by atoms with Gasteiger partial charge >= 0.3 is 5.97 Å². The third kappa shape index (κ3) is 5.81. The van der Waals surface area contributed by atoms with E-state index in [0.717, 1.165) is 28.0 Å². The molecule has 2 aromatic carbocycles. The summed E-state index contributed by atoms with van der Waals surface area (Å²) in [6.07, 6.45) is 1.88. The van der Waals surface area contributed by atoms with Crippen molar-refractivity contribution in [3.05, 3.63) is 89.7 Å². The fourth-order valence-electron chi connectivity index (χ4n) is 3.56. The molecule has 34 heavy (non-hydrogen) atoms. The predicted molar refractivity (Wildman–Crippen MR) is 135 cm³/mol. The van der Waals surface area contributed by atoms with E-state index in [-0.39, 0.29) is 18.9 Å². The number of benzene rings is 2. The molecule has 2 N–H and O–H groups in total. The Hall–Kier alpha value is -3.68. The number of esters is 1. The highest BCUT2D eigenvalue weighted by molar-refractivity contribution is 7.15. The van der Waals surface area contributed by atoms with E-state index in [4.69, 9.17) is 9.15 Å². The minimum absolute atomic E-state index is 0.176. The zero-order valence-corrected chi connectivity index (χ0v) is 19.7. The van der Waals surface area contributed by atoms with Gasteiger partial charge in [0.25, 0.3) is 0 Å². The van der Waals surface area contributed by atoms with Crippen LogP contribution >= 0.6 is 11.3 Å². The number of amides is 1. The normalized spacial score (nSPS) is 10.7. The second-order valence-corrected chi connectivity index (χ2v) is 8.45. The Kier molecular flexibility index (Phi) is 7.91. The molecular formula is C27H26N2O4S. The van der Waals surface area contributed by atoms with Crippen molar-refractivity contribution in [2.24, 2.45) is 0 Å². The Morgan fingerprint density at radius 1 is 0.941 bits per heavy atom. The monoisotopic (exact) mass is 474 g/mol. The van der Waals surface area contributed by atoms with Gasteiger partial charge in [0, 0.05) is 23.9 Å². The lowest BCUT2D eigenvalue weighted by atomic mass is 9.99. The van der Waals surface area contributed by atoms with E-state index in [1.807, 2.05) is 60.0 Å². The summed E-state index contributed by atoms with van der Waals surface area (Å²) in [5.74, 6) is 0.189. The molecule has 7 heteroatoms. The lowest BCUT2D eigenvalue weighted by molar-refractivity contribution is -0.116. The molecule has 0 fully saturated rings. The summed E-state index contributed by atoms with van der Waals surface area (Å²) in [6.45, 7) is 3.06. The highest BCUT2D eigenvalue weighted by Crippen LogP contribution is 2.37. The van der Waals surface area contributed by atoms with Gasteiger partial charge < -0.3 is 19.8 Å². The van der Waals surface area contributed by atoms with Crippen molar-refractivity contribution < 1.29 is 18.7 Å². The van der Waals surface area contributed by atoms with Crippen LogP contribution in [-0.4, -0.2) is 25.0 Å². The van der Waals surface area contributed by atoms with Crippen LogP contribution in [0.25, 0.3) is 22.3 Å². The molecule has 0 aliphatic heterocycles. The molecule has 2 aromatic heterocycles. The van der Waals surface area contributed by atoms with Crippen molar-refractivity contribution in [1.82, 2.24) is 5.32 Å². The van der Waals surface area contributed by atoms with E-state index < -0.39 is 5.97 Å². The highest BCUT2D eigenvalue weighted by atomic mass is 32.1. The second kappa shape index (κ2) is 11.4. The Labute approximate surface area is 202 Å². The molecule has 0 radical (unpaired) electrons. The van der Waals surface area contributed by atoms with Crippen molar-refractivity contribution in [3.63, 3.8) is 0 Å². The first-order chi connectivity index (χ1) is 16.7. The van der Waals surface area contributed by atoms with Crippen LogP contribution < -0.4 is 10.6 Å². The fraction of sp³-hybridized carbons (Fsp3) is 0.185.